The number of benzene rings is 3. The Labute approximate surface area is 184 Å². The van der Waals surface area contributed by atoms with E-state index in [2.05, 4.69) is 104 Å². The summed E-state index contributed by atoms with van der Waals surface area (Å²) >= 11 is 0. The van der Waals surface area contributed by atoms with Gasteiger partial charge in [0, 0.05) is 0 Å². The Hall–Kier alpha value is -1.70. The molecule has 0 saturated heterocycles. The quantitative estimate of drug-likeness (QED) is 0.162. The van der Waals surface area contributed by atoms with Crippen LogP contribution in [0.5, 0.6) is 0 Å². The van der Waals surface area contributed by atoms with E-state index in [1.165, 1.54) is 37.6 Å². The second-order valence-electron chi connectivity index (χ2n) is 6.56. The Kier molecular flexibility index (Phi) is 9.33. The van der Waals surface area contributed by atoms with Gasteiger partial charge in [0.15, 0.2) is 0 Å². The molecule has 0 radical (unpaired) electrons. The second-order valence-corrected chi connectivity index (χ2v) is 8.86. The third-order valence-electron chi connectivity index (χ3n) is 4.64. The molecule has 0 aliphatic heterocycles. The predicted molar refractivity (Wildman–Crippen MR) is 115 cm³/mol. The molecule has 0 N–H and O–H groups in total. The van der Waals surface area contributed by atoms with Crippen molar-refractivity contribution in [3.8, 4) is 0 Å². The van der Waals surface area contributed by atoms with Crippen molar-refractivity contribution in [2.45, 2.75) is 0 Å². The average Bonchev–Trinajstić information content (AvgIpc) is 3.24. The van der Waals surface area contributed by atoms with Crippen LogP contribution < -0.4 is 14.7 Å². The first-order valence-electron chi connectivity index (χ1n) is 8.58. The van der Waals surface area contributed by atoms with Gasteiger partial charge in [-0.3, -0.25) is 0 Å². The van der Waals surface area contributed by atoms with Crippen molar-refractivity contribution < 1.29 is 35.3 Å². The molecule has 0 aliphatic rings. The fraction of sp³-hybridized carbons (Fsp3) is 0.0833. The second kappa shape index (κ2) is 10.7. The molecule has 0 spiro atoms. The molecule has 0 bridgehead atoms. The van der Waals surface area contributed by atoms with Crippen LogP contribution in [-0.4, -0.2) is 13.3 Å². The van der Waals surface area contributed by atoms with Crippen LogP contribution >= 0.6 is 7.92 Å². The molecular weight excluding hydrogens is 536 g/mol. The number of halogens is 2. The van der Waals surface area contributed by atoms with Crippen LogP contribution in [0, 0.1) is 0 Å². The fourth-order valence-corrected chi connectivity index (χ4v) is 4.09. The molecule has 0 atom stereocenters. The van der Waals surface area contributed by atoms with Crippen molar-refractivity contribution in [3.05, 3.63) is 91.0 Å². The van der Waals surface area contributed by atoms with Crippen molar-refractivity contribution in [1.82, 2.24) is 0 Å². The third-order valence-corrected chi connectivity index (χ3v) is 5.93. The first kappa shape index (κ1) is 24.3. The number of fused-ring (bicyclic) bond motifs is 4. The number of hydrogen-bond acceptors (Lipinski definition) is 0. The van der Waals surface area contributed by atoms with Gasteiger partial charge in [0.1, 0.15) is 0 Å². The zero-order valence-corrected chi connectivity index (χ0v) is 20.4. The van der Waals surface area contributed by atoms with Crippen LogP contribution in [0.2, 0.25) is 0 Å². The van der Waals surface area contributed by atoms with Crippen LogP contribution in [0.3, 0.4) is 0 Å². The molecule has 0 saturated carbocycles. The average molecular weight is 557 g/mol. The first-order valence-corrected chi connectivity index (χ1v) is 10.8. The van der Waals surface area contributed by atoms with Crippen molar-refractivity contribution in [2.24, 2.45) is 0 Å². The summed E-state index contributed by atoms with van der Waals surface area (Å²) < 4.78 is 0. The van der Waals surface area contributed by atoms with E-state index in [0.717, 1.165) is 0 Å². The maximum atomic E-state index is 2.31. The van der Waals surface area contributed by atoms with E-state index in [1.807, 2.05) is 0 Å². The van der Waals surface area contributed by atoms with Crippen molar-refractivity contribution in [3.63, 3.8) is 0 Å². The smallest absolute Gasteiger partial charge is 1.00 e. The van der Waals surface area contributed by atoms with Gasteiger partial charge in [-0.25, -0.2) is 0 Å². The molecule has 4 heteroatoms. The zero-order valence-electron chi connectivity index (χ0n) is 15.9. The van der Waals surface area contributed by atoms with E-state index < -0.39 is 0 Å². The summed E-state index contributed by atoms with van der Waals surface area (Å²) in [4.78, 5) is 0. The van der Waals surface area contributed by atoms with E-state index in [1.54, 1.807) is 0 Å². The Morgan fingerprint density at radius 1 is 0.607 bits per heavy atom. The van der Waals surface area contributed by atoms with Crippen LogP contribution in [0.25, 0.3) is 32.3 Å². The normalized spacial score (nSPS) is 9.96. The van der Waals surface area contributed by atoms with Gasteiger partial charge in [-0.1, -0.05) is 42.5 Å². The maximum absolute atomic E-state index is 2.31. The standard InChI is InChI=1S/C13H9.C11H12P.2FH.Hf/c1-3-7-12-10(5-1)9-11-6-2-4-8-13(11)12;1-12(2)11-7-9-5-3-4-6-10(9)8-11;;;/h1-9H;3-8H,1-2H3;2*1H;/q2*-1;;;+4/p-2. The Balaban J connectivity index is 0.000000254. The van der Waals surface area contributed by atoms with Gasteiger partial charge in [0.2, 0.25) is 0 Å². The van der Waals surface area contributed by atoms with Gasteiger partial charge in [-0.05, 0) is 13.3 Å². The number of rotatable bonds is 1. The molecular formula is C24H21F2HfP. The van der Waals surface area contributed by atoms with E-state index >= 15 is 0 Å². The summed E-state index contributed by atoms with van der Waals surface area (Å²) in [6, 6.07) is 32.4. The summed E-state index contributed by atoms with van der Waals surface area (Å²) in [5.41, 5.74) is 0. The Morgan fingerprint density at radius 3 is 1.57 bits per heavy atom. The van der Waals surface area contributed by atoms with E-state index in [9.17, 15) is 0 Å². The van der Waals surface area contributed by atoms with E-state index in [4.69, 9.17) is 0 Å². The minimum absolute atomic E-state index is 0. The molecule has 0 amide bonds. The van der Waals surface area contributed by atoms with Gasteiger partial charge < -0.3 is 9.41 Å². The monoisotopic (exact) mass is 558 g/mol. The molecule has 0 unspecified atom stereocenters. The first-order chi connectivity index (χ1) is 12.2. The van der Waals surface area contributed by atoms with Gasteiger partial charge in [-0.15, -0.1) is 88.0 Å². The van der Waals surface area contributed by atoms with Crippen LogP contribution in [0.15, 0.2) is 91.0 Å². The van der Waals surface area contributed by atoms with E-state index in [-0.39, 0.29) is 43.2 Å². The Morgan fingerprint density at radius 2 is 1.07 bits per heavy atom. The molecule has 28 heavy (non-hydrogen) atoms. The molecule has 5 aromatic rings. The molecule has 5 aromatic carbocycles. The molecule has 5 rings (SSSR count). The summed E-state index contributed by atoms with van der Waals surface area (Å²) in [5, 5.41) is 9.65. The van der Waals surface area contributed by atoms with Crippen molar-refractivity contribution in [1.29, 1.82) is 0 Å². The summed E-state index contributed by atoms with van der Waals surface area (Å²) in [6.45, 7) is 4.59. The van der Waals surface area contributed by atoms with Gasteiger partial charge >= 0.3 is 25.8 Å². The number of hydrogen-bond donors (Lipinski definition) is 0. The predicted octanol–water partition coefficient (Wildman–Crippen LogP) is 0.643. The van der Waals surface area contributed by atoms with Crippen LogP contribution in [0.4, 0.5) is 0 Å². The minimum Gasteiger partial charge on any atom is -1.00 e. The summed E-state index contributed by atoms with van der Waals surface area (Å²) in [6.07, 6.45) is 0. The zero-order chi connectivity index (χ0) is 17.2. The van der Waals surface area contributed by atoms with Gasteiger partial charge in [-0.2, -0.15) is 6.07 Å². The van der Waals surface area contributed by atoms with Gasteiger partial charge in [0.25, 0.3) is 0 Å². The van der Waals surface area contributed by atoms with Crippen molar-refractivity contribution in [2.75, 3.05) is 13.3 Å². The molecule has 140 valence electrons. The summed E-state index contributed by atoms with van der Waals surface area (Å²) in [5.74, 6) is 0. The topological polar surface area (TPSA) is 0 Å². The molecule has 0 fully saturated rings. The van der Waals surface area contributed by atoms with Crippen molar-refractivity contribution >= 4 is 45.5 Å². The fourth-order valence-electron chi connectivity index (χ4n) is 3.30. The molecule has 0 aliphatic carbocycles. The minimum atomic E-state index is 0. The molecule has 0 heterocycles. The third kappa shape index (κ3) is 5.01. The van der Waals surface area contributed by atoms with Crippen LogP contribution in [-0.2, 0) is 25.8 Å². The van der Waals surface area contributed by atoms with Crippen LogP contribution in [0.1, 0.15) is 0 Å². The van der Waals surface area contributed by atoms with E-state index in [0.29, 0.717) is 0 Å². The molecule has 0 nitrogen and oxygen atoms in total. The maximum Gasteiger partial charge on any atom is 4.00 e. The molecule has 0 aromatic heterocycles. The van der Waals surface area contributed by atoms with Gasteiger partial charge in [0.05, 0.1) is 0 Å². The summed E-state index contributed by atoms with van der Waals surface area (Å²) in [7, 11) is 0.0576. The SMILES string of the molecule is CP(C)c1cc2ccccc2[cH-]1.[F-].[F-].[Hf+4].c1ccc2c(c1)[cH-]c1ccccc12. The Bertz CT molecular complexity index is 1060. The largest absolute Gasteiger partial charge is 4.00 e.